The molecule has 2 aromatic rings. The summed E-state index contributed by atoms with van der Waals surface area (Å²) < 4.78 is 5.44. The molecule has 0 aliphatic carbocycles. The van der Waals surface area contributed by atoms with E-state index in [-0.39, 0.29) is 6.04 Å². The zero-order valence-corrected chi connectivity index (χ0v) is 12.9. The first-order chi connectivity index (χ1) is 9.19. The molecule has 0 amide bonds. The van der Waals surface area contributed by atoms with E-state index in [9.17, 15) is 0 Å². The van der Waals surface area contributed by atoms with Crippen molar-refractivity contribution >= 4 is 22.9 Å². The Hall–Kier alpha value is -1.03. The van der Waals surface area contributed by atoms with Crippen LogP contribution < -0.4 is 10.1 Å². The molecule has 0 fully saturated rings. The molecule has 1 N–H and O–H groups in total. The minimum Gasteiger partial charge on any atom is -0.496 e. The van der Waals surface area contributed by atoms with Gasteiger partial charge in [-0.2, -0.15) is 0 Å². The fourth-order valence-electron chi connectivity index (χ4n) is 2.12. The van der Waals surface area contributed by atoms with Crippen LogP contribution in [0.4, 0.5) is 0 Å². The summed E-state index contributed by atoms with van der Waals surface area (Å²) in [6, 6.07) is 10.2. The summed E-state index contributed by atoms with van der Waals surface area (Å²) in [7, 11) is 3.64. The Labute approximate surface area is 123 Å². The van der Waals surface area contributed by atoms with Crippen LogP contribution >= 0.6 is 22.9 Å². The average molecular weight is 296 g/mol. The summed E-state index contributed by atoms with van der Waals surface area (Å²) in [5.74, 6) is 0.857. The molecule has 0 aliphatic heterocycles. The van der Waals surface area contributed by atoms with Gasteiger partial charge >= 0.3 is 0 Å². The maximum atomic E-state index is 6.11. The molecular weight excluding hydrogens is 278 g/mol. The van der Waals surface area contributed by atoms with Crippen LogP contribution in [0.15, 0.2) is 30.3 Å². The van der Waals surface area contributed by atoms with Crippen LogP contribution in [-0.4, -0.2) is 14.2 Å². The molecule has 1 atom stereocenters. The number of hydrogen-bond acceptors (Lipinski definition) is 3. The van der Waals surface area contributed by atoms with Crippen LogP contribution in [0.5, 0.6) is 5.75 Å². The van der Waals surface area contributed by atoms with Crippen molar-refractivity contribution in [1.29, 1.82) is 0 Å². The van der Waals surface area contributed by atoms with Gasteiger partial charge in [-0.15, -0.1) is 11.3 Å². The van der Waals surface area contributed by atoms with Crippen LogP contribution in [0.2, 0.25) is 5.02 Å². The van der Waals surface area contributed by atoms with Gasteiger partial charge in [0.1, 0.15) is 5.75 Å². The van der Waals surface area contributed by atoms with Crippen molar-refractivity contribution in [2.75, 3.05) is 14.2 Å². The van der Waals surface area contributed by atoms with E-state index in [2.05, 4.69) is 24.4 Å². The van der Waals surface area contributed by atoms with E-state index in [1.54, 1.807) is 7.11 Å². The molecule has 1 heterocycles. The fourth-order valence-corrected chi connectivity index (χ4v) is 3.38. The standard InChI is InChI=1S/C15H18ClNOS/c1-4-11-6-8-14(19-11)15(17-2)12-9-10(16)5-7-13(12)18-3/h5-9,15,17H,4H2,1-3H3. The number of nitrogens with one attached hydrogen (secondary N) is 1. The highest BCUT2D eigenvalue weighted by atomic mass is 35.5. The number of hydrogen-bond donors (Lipinski definition) is 1. The largest absolute Gasteiger partial charge is 0.496 e. The molecule has 1 unspecified atom stereocenters. The quantitative estimate of drug-likeness (QED) is 0.889. The molecule has 102 valence electrons. The number of rotatable bonds is 5. The second kappa shape index (κ2) is 6.42. The van der Waals surface area contributed by atoms with Gasteiger partial charge in [0, 0.05) is 20.3 Å². The Morgan fingerprint density at radius 1 is 1.32 bits per heavy atom. The van der Waals surface area contributed by atoms with Crippen LogP contribution in [0.25, 0.3) is 0 Å². The van der Waals surface area contributed by atoms with Crippen molar-refractivity contribution < 1.29 is 4.74 Å². The zero-order valence-electron chi connectivity index (χ0n) is 11.4. The lowest BCUT2D eigenvalue weighted by molar-refractivity contribution is 0.405. The number of aryl methyl sites for hydroxylation is 1. The lowest BCUT2D eigenvalue weighted by Crippen LogP contribution is -2.17. The van der Waals surface area contributed by atoms with E-state index >= 15 is 0 Å². The molecule has 1 aromatic carbocycles. The van der Waals surface area contributed by atoms with Gasteiger partial charge in [0.15, 0.2) is 0 Å². The van der Waals surface area contributed by atoms with Crippen molar-refractivity contribution in [3.05, 3.63) is 50.7 Å². The highest BCUT2D eigenvalue weighted by Gasteiger charge is 2.18. The van der Waals surface area contributed by atoms with Gasteiger partial charge in [0.2, 0.25) is 0 Å². The highest BCUT2D eigenvalue weighted by molar-refractivity contribution is 7.12. The monoisotopic (exact) mass is 295 g/mol. The van der Waals surface area contributed by atoms with Gasteiger partial charge in [0.25, 0.3) is 0 Å². The first-order valence-electron chi connectivity index (χ1n) is 6.29. The Morgan fingerprint density at radius 3 is 2.68 bits per heavy atom. The first-order valence-corrected chi connectivity index (χ1v) is 7.48. The van der Waals surface area contributed by atoms with Gasteiger partial charge in [-0.05, 0) is 43.8 Å². The maximum absolute atomic E-state index is 6.11. The predicted octanol–water partition coefficient (Wildman–Crippen LogP) is 4.28. The van der Waals surface area contributed by atoms with E-state index in [1.807, 2.05) is 36.6 Å². The smallest absolute Gasteiger partial charge is 0.124 e. The summed E-state index contributed by atoms with van der Waals surface area (Å²) in [5, 5.41) is 4.07. The second-order valence-corrected chi connectivity index (χ2v) is 5.90. The van der Waals surface area contributed by atoms with Gasteiger partial charge in [0.05, 0.1) is 13.2 Å². The Kier molecular flexibility index (Phi) is 4.86. The molecule has 0 spiro atoms. The Balaban J connectivity index is 2.43. The Bertz CT molecular complexity index is 553. The average Bonchev–Trinajstić information content (AvgIpc) is 2.89. The van der Waals surface area contributed by atoms with Crippen molar-refractivity contribution in [3.8, 4) is 5.75 Å². The molecular formula is C15H18ClNOS. The molecule has 0 saturated carbocycles. The maximum Gasteiger partial charge on any atom is 0.124 e. The van der Waals surface area contributed by atoms with Gasteiger partial charge in [-0.1, -0.05) is 18.5 Å². The van der Waals surface area contributed by atoms with Crippen LogP contribution in [-0.2, 0) is 6.42 Å². The second-order valence-electron chi connectivity index (χ2n) is 4.27. The molecule has 19 heavy (non-hydrogen) atoms. The number of ether oxygens (including phenoxy) is 1. The molecule has 4 heteroatoms. The van der Waals surface area contributed by atoms with Crippen LogP contribution in [0.3, 0.4) is 0 Å². The lowest BCUT2D eigenvalue weighted by atomic mass is 10.0. The van der Waals surface area contributed by atoms with E-state index in [4.69, 9.17) is 16.3 Å². The van der Waals surface area contributed by atoms with Gasteiger partial charge in [-0.25, -0.2) is 0 Å². The number of thiophene rings is 1. The predicted molar refractivity (Wildman–Crippen MR) is 82.6 cm³/mol. The SMILES string of the molecule is CCc1ccc(C(NC)c2cc(Cl)ccc2OC)s1. The van der Waals surface area contributed by atoms with E-state index in [0.717, 1.165) is 22.8 Å². The Morgan fingerprint density at radius 2 is 2.11 bits per heavy atom. The minimum absolute atomic E-state index is 0.110. The summed E-state index contributed by atoms with van der Waals surface area (Å²) in [6.07, 6.45) is 1.06. The molecule has 2 nitrogen and oxygen atoms in total. The first kappa shape index (κ1) is 14.4. The zero-order chi connectivity index (χ0) is 13.8. The van der Waals surface area contributed by atoms with Gasteiger partial charge < -0.3 is 10.1 Å². The molecule has 0 bridgehead atoms. The highest BCUT2D eigenvalue weighted by Crippen LogP contribution is 2.35. The third-order valence-corrected chi connectivity index (χ3v) is 4.64. The molecule has 0 saturated heterocycles. The molecule has 1 aromatic heterocycles. The van der Waals surface area contributed by atoms with Crippen molar-refractivity contribution in [1.82, 2.24) is 5.32 Å². The van der Waals surface area contributed by atoms with Crippen molar-refractivity contribution in [2.24, 2.45) is 0 Å². The third kappa shape index (κ3) is 3.11. The number of benzene rings is 1. The summed E-state index contributed by atoms with van der Waals surface area (Å²) in [4.78, 5) is 2.66. The normalized spacial score (nSPS) is 12.4. The van der Waals surface area contributed by atoms with Crippen molar-refractivity contribution in [2.45, 2.75) is 19.4 Å². The molecule has 2 rings (SSSR count). The van der Waals surface area contributed by atoms with Crippen molar-refractivity contribution in [3.63, 3.8) is 0 Å². The van der Waals surface area contributed by atoms with E-state index in [1.165, 1.54) is 9.75 Å². The van der Waals surface area contributed by atoms with Crippen LogP contribution in [0, 0.1) is 0 Å². The lowest BCUT2D eigenvalue weighted by Gasteiger charge is -2.18. The van der Waals surface area contributed by atoms with E-state index in [0.29, 0.717) is 0 Å². The molecule has 0 radical (unpaired) electrons. The number of halogens is 1. The summed E-state index contributed by atoms with van der Waals surface area (Å²) in [5.41, 5.74) is 1.07. The topological polar surface area (TPSA) is 21.3 Å². The fraction of sp³-hybridized carbons (Fsp3) is 0.333. The minimum atomic E-state index is 0.110. The third-order valence-electron chi connectivity index (χ3n) is 3.11. The van der Waals surface area contributed by atoms with E-state index < -0.39 is 0 Å². The van der Waals surface area contributed by atoms with Crippen LogP contribution in [0.1, 0.15) is 28.3 Å². The molecule has 0 aliphatic rings. The van der Waals surface area contributed by atoms with Gasteiger partial charge in [-0.3, -0.25) is 0 Å². The summed E-state index contributed by atoms with van der Waals surface area (Å²) >= 11 is 7.94. The number of methoxy groups -OCH3 is 1. The summed E-state index contributed by atoms with van der Waals surface area (Å²) in [6.45, 7) is 2.17.